The molecule has 2 aromatic heterocycles. The first-order valence-corrected chi connectivity index (χ1v) is 9.60. The monoisotopic (exact) mass is 392 g/mol. The fourth-order valence-electron chi connectivity index (χ4n) is 3.25. The summed E-state index contributed by atoms with van der Waals surface area (Å²) in [6.07, 6.45) is 5.62. The van der Waals surface area contributed by atoms with E-state index in [1.54, 1.807) is 23.5 Å². The van der Waals surface area contributed by atoms with Gasteiger partial charge in [0, 0.05) is 15.5 Å². The van der Waals surface area contributed by atoms with E-state index in [2.05, 4.69) is 4.98 Å². The van der Waals surface area contributed by atoms with Crippen LogP contribution in [0.3, 0.4) is 0 Å². The third kappa shape index (κ3) is 3.01. The van der Waals surface area contributed by atoms with E-state index in [0.29, 0.717) is 16.0 Å². The lowest BCUT2D eigenvalue weighted by Crippen LogP contribution is -2.25. The molecule has 0 spiro atoms. The first-order chi connectivity index (χ1) is 12.0. The zero-order valence-electron chi connectivity index (χ0n) is 13.2. The van der Waals surface area contributed by atoms with Gasteiger partial charge in [0.1, 0.15) is 4.83 Å². The van der Waals surface area contributed by atoms with Gasteiger partial charge in [0.15, 0.2) is 5.78 Å². The molecule has 4 rings (SSSR count). The Morgan fingerprint density at radius 1 is 1.24 bits per heavy atom. The average Bonchev–Trinajstić information content (AvgIpc) is 2.96. The molecule has 0 radical (unpaired) electrons. The maximum absolute atomic E-state index is 12.9. The van der Waals surface area contributed by atoms with Gasteiger partial charge in [-0.15, -0.1) is 11.3 Å². The summed E-state index contributed by atoms with van der Waals surface area (Å²) in [6.45, 7) is -0.0895. The number of carbonyl (C=O) groups is 1. The number of carbonyl (C=O) groups excluding carboxylic acids is 1. The molecule has 0 fully saturated rings. The van der Waals surface area contributed by atoms with E-state index in [-0.39, 0.29) is 22.9 Å². The molecular formula is C18H14Cl2N2O2S. The molecule has 0 atom stereocenters. The van der Waals surface area contributed by atoms with E-state index in [0.717, 1.165) is 36.1 Å². The number of halogens is 2. The second kappa shape index (κ2) is 6.56. The van der Waals surface area contributed by atoms with E-state index < -0.39 is 0 Å². The van der Waals surface area contributed by atoms with Crippen molar-refractivity contribution in [2.24, 2.45) is 0 Å². The Balaban J connectivity index is 1.73. The Kier molecular flexibility index (Phi) is 4.40. The first kappa shape index (κ1) is 16.8. The van der Waals surface area contributed by atoms with Gasteiger partial charge in [-0.3, -0.25) is 14.2 Å². The number of hydrogen-bond donors (Lipinski definition) is 0. The molecule has 0 amide bonds. The van der Waals surface area contributed by atoms with Gasteiger partial charge in [0.25, 0.3) is 5.56 Å². The lowest BCUT2D eigenvalue weighted by molar-refractivity contribution is 0.0971. The van der Waals surface area contributed by atoms with Crippen LogP contribution in [0.4, 0.5) is 0 Å². The number of nitrogens with zero attached hydrogens (tertiary/aromatic N) is 2. The normalized spacial score (nSPS) is 13.8. The van der Waals surface area contributed by atoms with E-state index >= 15 is 0 Å². The molecule has 1 aliphatic rings. The molecular weight excluding hydrogens is 379 g/mol. The third-order valence-electron chi connectivity index (χ3n) is 4.49. The van der Waals surface area contributed by atoms with Gasteiger partial charge in [-0.25, -0.2) is 4.98 Å². The SMILES string of the molecule is O=C(Cn1cnc2sc3c(c2c1=O)CCCC3)c1ccc(Cl)cc1Cl. The summed E-state index contributed by atoms with van der Waals surface area (Å²) in [5, 5.41) is 1.43. The minimum atomic E-state index is -0.242. The van der Waals surface area contributed by atoms with Crippen molar-refractivity contribution >= 4 is 50.5 Å². The molecule has 25 heavy (non-hydrogen) atoms. The summed E-state index contributed by atoms with van der Waals surface area (Å²) in [5.74, 6) is -0.242. The summed E-state index contributed by atoms with van der Waals surface area (Å²) < 4.78 is 1.37. The lowest BCUT2D eigenvalue weighted by Gasteiger charge is -2.10. The Labute approximate surface area is 158 Å². The van der Waals surface area contributed by atoms with Gasteiger partial charge >= 0.3 is 0 Å². The summed E-state index contributed by atoms with van der Waals surface area (Å²) in [6, 6.07) is 4.71. The maximum Gasteiger partial charge on any atom is 0.262 e. The molecule has 0 saturated heterocycles. The summed E-state index contributed by atoms with van der Waals surface area (Å²) in [7, 11) is 0. The molecule has 1 aromatic carbocycles. The molecule has 128 valence electrons. The van der Waals surface area contributed by atoms with Crippen LogP contribution in [-0.2, 0) is 19.4 Å². The minimum absolute atomic E-state index is 0.0895. The topological polar surface area (TPSA) is 52.0 Å². The zero-order chi connectivity index (χ0) is 17.6. The largest absolute Gasteiger partial charge is 0.292 e. The predicted molar refractivity (Wildman–Crippen MR) is 101 cm³/mol. The number of hydrogen-bond acceptors (Lipinski definition) is 4. The first-order valence-electron chi connectivity index (χ1n) is 8.02. The summed E-state index contributed by atoms with van der Waals surface area (Å²) >= 11 is 13.6. The van der Waals surface area contributed by atoms with Crippen LogP contribution in [0.25, 0.3) is 10.2 Å². The maximum atomic E-state index is 12.9. The fourth-order valence-corrected chi connectivity index (χ4v) is 4.98. The molecule has 0 unspecified atom stereocenters. The van der Waals surface area contributed by atoms with Gasteiger partial charge in [-0.05, 0) is 49.4 Å². The molecule has 0 bridgehead atoms. The Morgan fingerprint density at radius 2 is 2.04 bits per heavy atom. The van der Waals surface area contributed by atoms with E-state index in [9.17, 15) is 9.59 Å². The molecule has 2 heterocycles. The van der Waals surface area contributed by atoms with Crippen molar-refractivity contribution in [3.05, 3.63) is 60.9 Å². The number of rotatable bonds is 3. The molecule has 0 aliphatic heterocycles. The van der Waals surface area contributed by atoms with E-state index in [4.69, 9.17) is 23.2 Å². The van der Waals surface area contributed by atoms with Gasteiger partial charge in [0.05, 0.1) is 23.3 Å². The van der Waals surface area contributed by atoms with Crippen LogP contribution < -0.4 is 5.56 Å². The van der Waals surface area contributed by atoms with Crippen molar-refractivity contribution in [1.29, 1.82) is 0 Å². The average molecular weight is 393 g/mol. The second-order valence-electron chi connectivity index (χ2n) is 6.12. The zero-order valence-corrected chi connectivity index (χ0v) is 15.5. The molecule has 3 aromatic rings. The van der Waals surface area contributed by atoms with E-state index in [1.165, 1.54) is 21.8 Å². The van der Waals surface area contributed by atoms with Crippen LogP contribution in [0.5, 0.6) is 0 Å². The highest BCUT2D eigenvalue weighted by atomic mass is 35.5. The van der Waals surface area contributed by atoms with Crippen LogP contribution >= 0.6 is 34.5 Å². The summed E-state index contributed by atoms with van der Waals surface area (Å²) in [4.78, 5) is 31.9. The third-order valence-corrected chi connectivity index (χ3v) is 6.23. The van der Waals surface area contributed by atoms with Crippen LogP contribution in [-0.4, -0.2) is 15.3 Å². The van der Waals surface area contributed by atoms with Gasteiger partial charge in [0.2, 0.25) is 0 Å². The van der Waals surface area contributed by atoms with Gasteiger partial charge < -0.3 is 0 Å². The molecule has 1 aliphatic carbocycles. The highest BCUT2D eigenvalue weighted by Gasteiger charge is 2.21. The number of benzene rings is 1. The van der Waals surface area contributed by atoms with E-state index in [1.807, 2.05) is 0 Å². The number of ketones is 1. The standard InChI is InChI=1S/C18H14Cl2N2O2S/c19-10-5-6-11(13(20)7-10)14(23)8-22-9-21-17-16(18(22)24)12-3-1-2-4-15(12)25-17/h5-7,9H,1-4,8H2. The lowest BCUT2D eigenvalue weighted by atomic mass is 9.97. The van der Waals surface area contributed by atoms with Crippen LogP contribution in [0.2, 0.25) is 10.0 Å². The van der Waals surface area contributed by atoms with Crippen molar-refractivity contribution in [2.45, 2.75) is 32.2 Å². The highest BCUT2D eigenvalue weighted by molar-refractivity contribution is 7.18. The van der Waals surface area contributed by atoms with Crippen LogP contribution in [0.15, 0.2) is 29.3 Å². The Morgan fingerprint density at radius 3 is 2.84 bits per heavy atom. The van der Waals surface area contributed by atoms with Crippen molar-refractivity contribution in [3.8, 4) is 0 Å². The van der Waals surface area contributed by atoms with Crippen molar-refractivity contribution in [2.75, 3.05) is 0 Å². The quantitative estimate of drug-likeness (QED) is 0.615. The molecule has 0 saturated carbocycles. The minimum Gasteiger partial charge on any atom is -0.292 e. The Hall–Kier alpha value is -1.69. The summed E-state index contributed by atoms with van der Waals surface area (Å²) in [5.41, 5.74) is 1.32. The molecule has 7 heteroatoms. The number of fused-ring (bicyclic) bond motifs is 3. The molecule has 0 N–H and O–H groups in total. The van der Waals surface area contributed by atoms with Crippen molar-refractivity contribution in [3.63, 3.8) is 0 Å². The smallest absolute Gasteiger partial charge is 0.262 e. The fraction of sp³-hybridized carbons (Fsp3) is 0.278. The van der Waals surface area contributed by atoms with Gasteiger partial charge in [-0.2, -0.15) is 0 Å². The number of thiophene rings is 1. The number of Topliss-reactive ketones (excluding diaryl/α,β-unsaturated/α-hetero) is 1. The molecule has 4 nitrogen and oxygen atoms in total. The number of aromatic nitrogens is 2. The van der Waals surface area contributed by atoms with Crippen LogP contribution in [0, 0.1) is 0 Å². The highest BCUT2D eigenvalue weighted by Crippen LogP contribution is 2.33. The van der Waals surface area contributed by atoms with Gasteiger partial charge in [-0.1, -0.05) is 23.2 Å². The second-order valence-corrected chi connectivity index (χ2v) is 8.04. The van der Waals surface area contributed by atoms with Crippen molar-refractivity contribution in [1.82, 2.24) is 9.55 Å². The Bertz CT molecular complexity index is 1060. The number of aryl methyl sites for hydroxylation is 2. The van der Waals surface area contributed by atoms with Crippen LogP contribution in [0.1, 0.15) is 33.6 Å². The predicted octanol–water partition coefficient (Wildman–Crippen LogP) is 4.53. The van der Waals surface area contributed by atoms with Crippen molar-refractivity contribution < 1.29 is 4.79 Å².